The van der Waals surface area contributed by atoms with Gasteiger partial charge >= 0.3 is 0 Å². The first-order chi connectivity index (χ1) is 13.0. The summed E-state index contributed by atoms with van der Waals surface area (Å²) in [7, 11) is 0. The van der Waals surface area contributed by atoms with Crippen LogP contribution >= 0.6 is 11.6 Å². The third kappa shape index (κ3) is 4.61. The fourth-order valence-electron chi connectivity index (χ4n) is 3.15. The van der Waals surface area contributed by atoms with Crippen LogP contribution in [0.15, 0.2) is 35.1 Å². The number of nitrogens with one attached hydrogen (secondary N) is 1. The molecule has 1 saturated heterocycles. The molecule has 1 aliphatic rings. The summed E-state index contributed by atoms with van der Waals surface area (Å²) in [5.74, 6) is -0.293. The number of carbonyl (C=O) groups excluding carboxylic acids is 1. The molecular weight excluding hydrogens is 370 g/mol. The van der Waals surface area contributed by atoms with Crippen molar-refractivity contribution in [3.63, 3.8) is 0 Å². The Bertz CT molecular complexity index is 891. The van der Waals surface area contributed by atoms with Crippen molar-refractivity contribution in [2.45, 2.75) is 19.9 Å². The molecule has 1 aromatic carbocycles. The zero-order chi connectivity index (χ0) is 19.4. The van der Waals surface area contributed by atoms with Gasteiger partial charge in [0.05, 0.1) is 29.6 Å². The summed E-state index contributed by atoms with van der Waals surface area (Å²) in [6.07, 6.45) is 0.126. The fraction of sp³-hybridized carbons (Fsp3) is 0.368. The van der Waals surface area contributed by atoms with E-state index in [4.69, 9.17) is 16.3 Å². The summed E-state index contributed by atoms with van der Waals surface area (Å²) in [4.78, 5) is 26.5. The van der Waals surface area contributed by atoms with Crippen LogP contribution in [0.5, 0.6) is 5.75 Å². The number of aryl methyl sites for hydroxylation is 1. The van der Waals surface area contributed by atoms with Gasteiger partial charge in [-0.2, -0.15) is 0 Å². The lowest BCUT2D eigenvalue weighted by Gasteiger charge is -2.31. The van der Waals surface area contributed by atoms with E-state index in [1.165, 1.54) is 10.6 Å². The Morgan fingerprint density at radius 2 is 2.04 bits per heavy atom. The van der Waals surface area contributed by atoms with Gasteiger partial charge in [0.2, 0.25) is 5.91 Å². The van der Waals surface area contributed by atoms with Crippen molar-refractivity contribution in [1.82, 2.24) is 4.57 Å². The Balaban J connectivity index is 1.71. The summed E-state index contributed by atoms with van der Waals surface area (Å²) < 4.78 is 6.84. The second kappa shape index (κ2) is 8.45. The third-order valence-corrected chi connectivity index (χ3v) is 4.78. The number of amides is 1. The molecule has 1 fully saturated rings. The van der Waals surface area contributed by atoms with Crippen LogP contribution in [0.25, 0.3) is 0 Å². The van der Waals surface area contributed by atoms with Gasteiger partial charge in [-0.15, -0.1) is 0 Å². The highest BCUT2D eigenvalue weighted by atomic mass is 35.5. The van der Waals surface area contributed by atoms with Crippen molar-refractivity contribution in [3.05, 3.63) is 51.4 Å². The van der Waals surface area contributed by atoms with Gasteiger partial charge in [0.25, 0.3) is 5.56 Å². The van der Waals surface area contributed by atoms with Gasteiger partial charge in [0, 0.05) is 37.8 Å². The summed E-state index contributed by atoms with van der Waals surface area (Å²) in [5, 5.41) is 12.9. The van der Waals surface area contributed by atoms with Gasteiger partial charge < -0.3 is 24.6 Å². The molecule has 3 rings (SSSR count). The number of ether oxygens (including phenoxy) is 1. The van der Waals surface area contributed by atoms with E-state index in [0.29, 0.717) is 42.7 Å². The number of pyridine rings is 1. The second-order valence-electron chi connectivity index (χ2n) is 6.38. The molecule has 0 radical (unpaired) electrons. The quantitative estimate of drug-likeness (QED) is 0.817. The Kier molecular flexibility index (Phi) is 6.03. The monoisotopic (exact) mass is 391 g/mol. The molecule has 2 N–H and O–H groups in total. The molecule has 27 heavy (non-hydrogen) atoms. The molecule has 8 heteroatoms. The first kappa shape index (κ1) is 19.3. The topological polar surface area (TPSA) is 83.8 Å². The number of aromatic nitrogens is 1. The lowest BCUT2D eigenvalue weighted by atomic mass is 10.2. The van der Waals surface area contributed by atoms with Crippen LogP contribution in [0.3, 0.4) is 0 Å². The number of para-hydroxylation sites is 1. The predicted molar refractivity (Wildman–Crippen MR) is 105 cm³/mol. The number of halogens is 1. The molecule has 7 nitrogen and oxygen atoms in total. The zero-order valence-corrected chi connectivity index (χ0v) is 15.8. The van der Waals surface area contributed by atoms with E-state index in [-0.39, 0.29) is 30.2 Å². The Hall–Kier alpha value is -2.51. The predicted octanol–water partition coefficient (Wildman–Crippen LogP) is 2.38. The number of benzene rings is 1. The van der Waals surface area contributed by atoms with Crippen molar-refractivity contribution in [3.8, 4) is 5.75 Å². The maximum atomic E-state index is 12.5. The minimum atomic E-state index is -0.336. The molecule has 144 valence electrons. The highest BCUT2D eigenvalue weighted by molar-refractivity contribution is 6.34. The standard InChI is InChI=1S/C19H22ClN3O4/c1-13-11-14(24)12-18(26)23(13)6-5-17(25)21-16-4-2-3-15(20)19(16)22-7-9-27-10-8-22/h2-4,11-12,24H,5-10H2,1H3,(H,21,25). The van der Waals surface area contributed by atoms with Crippen molar-refractivity contribution >= 4 is 28.9 Å². The van der Waals surface area contributed by atoms with Crippen molar-refractivity contribution in [2.75, 3.05) is 36.5 Å². The normalized spacial score (nSPS) is 14.2. The van der Waals surface area contributed by atoms with E-state index < -0.39 is 0 Å². The van der Waals surface area contributed by atoms with Crippen LogP contribution in [0.1, 0.15) is 12.1 Å². The highest BCUT2D eigenvalue weighted by Crippen LogP contribution is 2.34. The van der Waals surface area contributed by atoms with E-state index >= 15 is 0 Å². The zero-order valence-electron chi connectivity index (χ0n) is 15.1. The molecule has 2 aromatic rings. The number of morpholine rings is 1. The van der Waals surface area contributed by atoms with E-state index in [9.17, 15) is 14.7 Å². The maximum Gasteiger partial charge on any atom is 0.254 e. The van der Waals surface area contributed by atoms with Gasteiger partial charge in [-0.3, -0.25) is 9.59 Å². The van der Waals surface area contributed by atoms with Gasteiger partial charge in [-0.1, -0.05) is 17.7 Å². The average molecular weight is 392 g/mol. The van der Waals surface area contributed by atoms with Crippen LogP contribution in [0, 0.1) is 6.92 Å². The second-order valence-corrected chi connectivity index (χ2v) is 6.79. The number of anilines is 2. The number of rotatable bonds is 5. The fourth-order valence-corrected chi connectivity index (χ4v) is 3.44. The lowest BCUT2D eigenvalue weighted by Crippen LogP contribution is -2.37. The largest absolute Gasteiger partial charge is 0.508 e. The lowest BCUT2D eigenvalue weighted by molar-refractivity contribution is -0.116. The van der Waals surface area contributed by atoms with E-state index in [0.717, 1.165) is 11.8 Å². The van der Waals surface area contributed by atoms with Crippen molar-refractivity contribution < 1.29 is 14.6 Å². The molecule has 0 bridgehead atoms. The minimum Gasteiger partial charge on any atom is -0.508 e. The van der Waals surface area contributed by atoms with Crippen LogP contribution in [-0.2, 0) is 16.1 Å². The number of aromatic hydroxyl groups is 1. The van der Waals surface area contributed by atoms with Crippen LogP contribution in [0.4, 0.5) is 11.4 Å². The molecule has 0 atom stereocenters. The summed E-state index contributed by atoms with van der Waals surface area (Å²) in [6, 6.07) is 8.02. The minimum absolute atomic E-state index is 0.0766. The van der Waals surface area contributed by atoms with Gasteiger partial charge in [0.15, 0.2) is 0 Å². The molecule has 1 aliphatic heterocycles. The Morgan fingerprint density at radius 3 is 2.74 bits per heavy atom. The summed E-state index contributed by atoms with van der Waals surface area (Å²) in [5.41, 5.74) is 1.69. The molecule has 1 amide bonds. The molecule has 0 saturated carbocycles. The van der Waals surface area contributed by atoms with Gasteiger partial charge in [-0.25, -0.2) is 0 Å². The molecule has 2 heterocycles. The molecule has 0 spiro atoms. The number of nitrogens with zero attached hydrogens (tertiary/aromatic N) is 2. The third-order valence-electron chi connectivity index (χ3n) is 4.47. The Labute approximate surface area is 162 Å². The smallest absolute Gasteiger partial charge is 0.254 e. The SMILES string of the molecule is Cc1cc(O)cc(=O)n1CCC(=O)Nc1cccc(Cl)c1N1CCOCC1. The summed E-state index contributed by atoms with van der Waals surface area (Å²) in [6.45, 7) is 4.57. The van der Waals surface area contributed by atoms with E-state index in [1.807, 2.05) is 6.07 Å². The number of hydrogen-bond donors (Lipinski definition) is 2. The molecular formula is C19H22ClN3O4. The van der Waals surface area contributed by atoms with Gasteiger partial charge in [0.1, 0.15) is 5.75 Å². The molecule has 0 aliphatic carbocycles. The van der Waals surface area contributed by atoms with Gasteiger partial charge in [-0.05, 0) is 25.1 Å². The van der Waals surface area contributed by atoms with Crippen molar-refractivity contribution in [2.24, 2.45) is 0 Å². The maximum absolute atomic E-state index is 12.5. The van der Waals surface area contributed by atoms with Crippen LogP contribution < -0.4 is 15.8 Å². The van der Waals surface area contributed by atoms with E-state index in [2.05, 4.69) is 10.2 Å². The number of carbonyl (C=O) groups is 1. The molecule has 1 aromatic heterocycles. The highest BCUT2D eigenvalue weighted by Gasteiger charge is 2.19. The van der Waals surface area contributed by atoms with Crippen LogP contribution in [-0.4, -0.2) is 41.9 Å². The average Bonchev–Trinajstić information content (AvgIpc) is 2.61. The van der Waals surface area contributed by atoms with E-state index in [1.54, 1.807) is 19.1 Å². The first-order valence-electron chi connectivity index (χ1n) is 8.77. The van der Waals surface area contributed by atoms with Crippen molar-refractivity contribution in [1.29, 1.82) is 0 Å². The summed E-state index contributed by atoms with van der Waals surface area (Å²) >= 11 is 6.37. The first-order valence-corrected chi connectivity index (χ1v) is 9.15. The Morgan fingerprint density at radius 1 is 1.30 bits per heavy atom. The molecule has 0 unspecified atom stereocenters. The number of hydrogen-bond acceptors (Lipinski definition) is 5. The van der Waals surface area contributed by atoms with Crippen LogP contribution in [0.2, 0.25) is 5.02 Å².